The van der Waals surface area contributed by atoms with Gasteiger partial charge in [-0.2, -0.15) is 0 Å². The second kappa shape index (κ2) is 25.6. The van der Waals surface area contributed by atoms with Crippen LogP contribution in [0.3, 0.4) is 0 Å². The Labute approximate surface area is 317 Å². The number of amides is 3. The third kappa shape index (κ3) is 19.5. The molecule has 0 spiro atoms. The van der Waals surface area contributed by atoms with E-state index in [9.17, 15) is 38.9 Å². The molecule has 0 saturated carbocycles. The van der Waals surface area contributed by atoms with Crippen molar-refractivity contribution in [2.24, 2.45) is 5.92 Å². The van der Waals surface area contributed by atoms with Crippen molar-refractivity contribution in [3.05, 3.63) is 59.7 Å². The molecule has 0 bridgehead atoms. The Kier molecular flexibility index (Phi) is 22.1. The number of aromatic hydroxyl groups is 2. The van der Waals surface area contributed by atoms with E-state index in [2.05, 4.69) is 22.9 Å². The van der Waals surface area contributed by atoms with Crippen molar-refractivity contribution < 1.29 is 38.9 Å². The summed E-state index contributed by atoms with van der Waals surface area (Å²) < 4.78 is 12.5. The first kappa shape index (κ1) is 45.8. The minimum absolute atomic E-state index is 0.0139. The smallest absolute Gasteiger partial charge is 0.347 e. The molecule has 12 heteroatoms. The molecule has 0 aromatic heterocycles. The lowest BCUT2D eigenvalue weighted by Gasteiger charge is -2.28. The van der Waals surface area contributed by atoms with Crippen LogP contribution < -0.4 is 16.0 Å². The summed E-state index contributed by atoms with van der Waals surface area (Å²) in [5.74, 6) is -3.48. The third-order valence-corrected chi connectivity index (χ3v) is 11.0. The monoisotopic (exact) mass is 759 g/mol. The second-order valence-electron chi connectivity index (χ2n) is 14.5. The van der Waals surface area contributed by atoms with Gasteiger partial charge in [-0.25, -0.2) is 0 Å². The standard InChI is InChI=1S/C41H66N3O8P/c1-4-6-7-8-9-10-11-12-13-14-15-16-17-18-19-20-37(47)43-39(31(3)5-2)41(49)42-36(29-32-21-25-34(45)26-22-32)40(48)44-38(53(50,51)52)30-33-23-27-35(46)28-24-33/h21-28,31,36,38-39,45-46H,4-20,29-30H2,1-3H3,(H,42,49)(H,43,47)(H,44,48)(H2,50,51,52)/t31-,36-,38+,39-/m0/s1. The van der Waals surface area contributed by atoms with Gasteiger partial charge in [-0.05, 0) is 47.7 Å². The van der Waals surface area contributed by atoms with Crippen LogP contribution in [0.5, 0.6) is 11.5 Å². The molecule has 2 aromatic carbocycles. The van der Waals surface area contributed by atoms with Gasteiger partial charge in [-0.15, -0.1) is 0 Å². The fraction of sp³-hybridized carbons (Fsp3) is 0.634. The van der Waals surface area contributed by atoms with Crippen LogP contribution in [-0.4, -0.2) is 55.6 Å². The maximum absolute atomic E-state index is 13.7. The molecule has 4 atom stereocenters. The highest BCUT2D eigenvalue weighted by molar-refractivity contribution is 7.52. The molecular formula is C41H66N3O8P. The average Bonchev–Trinajstić information content (AvgIpc) is 3.12. The zero-order chi connectivity index (χ0) is 39.1. The number of phenolic OH excluding ortho intramolecular Hbond substituents is 2. The largest absolute Gasteiger partial charge is 0.508 e. The van der Waals surface area contributed by atoms with Crippen molar-refractivity contribution in [2.45, 2.75) is 161 Å². The van der Waals surface area contributed by atoms with E-state index < -0.39 is 37.3 Å². The molecule has 2 aromatic rings. The predicted molar refractivity (Wildman–Crippen MR) is 210 cm³/mol. The Morgan fingerprint density at radius 2 is 1.04 bits per heavy atom. The Hall–Kier alpha value is -3.40. The van der Waals surface area contributed by atoms with Crippen LogP contribution >= 0.6 is 7.60 Å². The van der Waals surface area contributed by atoms with Crippen molar-refractivity contribution in [1.29, 1.82) is 0 Å². The molecule has 0 fully saturated rings. The number of benzene rings is 2. The molecule has 11 nitrogen and oxygen atoms in total. The van der Waals surface area contributed by atoms with Crippen molar-refractivity contribution in [3.8, 4) is 11.5 Å². The summed E-state index contributed by atoms with van der Waals surface area (Å²) >= 11 is 0. The first-order valence-electron chi connectivity index (χ1n) is 19.8. The van der Waals surface area contributed by atoms with E-state index in [1.165, 1.54) is 107 Å². The lowest BCUT2D eigenvalue weighted by molar-refractivity contribution is -0.133. The fourth-order valence-electron chi connectivity index (χ4n) is 6.32. The summed E-state index contributed by atoms with van der Waals surface area (Å²) in [6.07, 6.45) is 19.0. The average molecular weight is 760 g/mol. The summed E-state index contributed by atoms with van der Waals surface area (Å²) in [7, 11) is -4.86. The van der Waals surface area contributed by atoms with Crippen LogP contribution in [0.1, 0.15) is 141 Å². The van der Waals surface area contributed by atoms with Crippen LogP contribution in [0.2, 0.25) is 0 Å². The summed E-state index contributed by atoms with van der Waals surface area (Å²) in [6, 6.07) is 9.64. The van der Waals surface area contributed by atoms with Gasteiger partial charge < -0.3 is 36.0 Å². The topological polar surface area (TPSA) is 185 Å². The molecule has 53 heavy (non-hydrogen) atoms. The molecule has 0 heterocycles. The zero-order valence-electron chi connectivity index (χ0n) is 32.2. The minimum atomic E-state index is -4.86. The highest BCUT2D eigenvalue weighted by Gasteiger charge is 2.35. The van der Waals surface area contributed by atoms with Gasteiger partial charge in [0, 0.05) is 19.3 Å². The van der Waals surface area contributed by atoms with E-state index in [0.29, 0.717) is 17.5 Å². The third-order valence-electron chi connectivity index (χ3n) is 9.91. The quantitative estimate of drug-likeness (QED) is 0.0339. The predicted octanol–water partition coefficient (Wildman–Crippen LogP) is 7.78. The maximum atomic E-state index is 13.7. The fourth-order valence-corrected chi connectivity index (χ4v) is 7.06. The molecule has 0 aliphatic carbocycles. The maximum Gasteiger partial charge on any atom is 0.347 e. The molecule has 7 N–H and O–H groups in total. The molecule has 0 saturated heterocycles. The Morgan fingerprint density at radius 3 is 1.47 bits per heavy atom. The van der Waals surface area contributed by atoms with Crippen molar-refractivity contribution >= 4 is 25.3 Å². The number of nitrogens with one attached hydrogen (secondary N) is 3. The number of carbonyl (C=O) groups is 3. The molecule has 0 unspecified atom stereocenters. The van der Waals surface area contributed by atoms with Gasteiger partial charge in [0.25, 0.3) is 0 Å². The summed E-state index contributed by atoms with van der Waals surface area (Å²) in [5, 5.41) is 27.4. The van der Waals surface area contributed by atoms with Gasteiger partial charge in [0.1, 0.15) is 29.4 Å². The van der Waals surface area contributed by atoms with Gasteiger partial charge in [0.05, 0.1) is 0 Å². The zero-order valence-corrected chi connectivity index (χ0v) is 33.1. The van der Waals surface area contributed by atoms with E-state index in [1.807, 2.05) is 13.8 Å². The van der Waals surface area contributed by atoms with E-state index in [1.54, 1.807) is 12.1 Å². The number of unbranched alkanes of at least 4 members (excludes halogenated alkanes) is 14. The van der Waals surface area contributed by atoms with Gasteiger partial charge in [-0.3, -0.25) is 18.9 Å². The van der Waals surface area contributed by atoms with Crippen LogP contribution in [0.4, 0.5) is 0 Å². The summed E-state index contributed by atoms with van der Waals surface area (Å²) in [6.45, 7) is 5.99. The van der Waals surface area contributed by atoms with E-state index in [-0.39, 0.29) is 42.6 Å². The highest BCUT2D eigenvalue weighted by Crippen LogP contribution is 2.41. The van der Waals surface area contributed by atoms with Crippen LogP contribution in [0.25, 0.3) is 0 Å². The lowest BCUT2D eigenvalue weighted by Crippen LogP contribution is -2.57. The second-order valence-corrected chi connectivity index (χ2v) is 16.3. The summed E-state index contributed by atoms with van der Waals surface area (Å²) in [4.78, 5) is 60.6. The first-order valence-corrected chi connectivity index (χ1v) is 21.5. The minimum Gasteiger partial charge on any atom is -0.508 e. The molecular weight excluding hydrogens is 693 g/mol. The van der Waals surface area contributed by atoms with Crippen molar-refractivity contribution in [2.75, 3.05) is 0 Å². The number of carbonyl (C=O) groups excluding carboxylic acids is 3. The van der Waals surface area contributed by atoms with Crippen LogP contribution in [-0.2, 0) is 31.8 Å². The summed E-state index contributed by atoms with van der Waals surface area (Å²) in [5.41, 5.74) is 1.07. The number of rotatable bonds is 28. The Balaban J connectivity index is 1.93. The number of hydrogen-bond acceptors (Lipinski definition) is 6. The molecule has 3 amide bonds. The van der Waals surface area contributed by atoms with E-state index in [0.717, 1.165) is 25.7 Å². The highest BCUT2D eigenvalue weighted by atomic mass is 31.2. The Bertz CT molecular complexity index is 1380. The van der Waals surface area contributed by atoms with Crippen molar-refractivity contribution in [1.82, 2.24) is 16.0 Å². The number of hydrogen-bond donors (Lipinski definition) is 7. The Morgan fingerprint density at radius 1 is 0.604 bits per heavy atom. The van der Waals surface area contributed by atoms with Gasteiger partial charge in [-0.1, -0.05) is 141 Å². The lowest BCUT2D eigenvalue weighted by atomic mass is 9.96. The van der Waals surface area contributed by atoms with Gasteiger partial charge >= 0.3 is 7.60 Å². The van der Waals surface area contributed by atoms with E-state index in [4.69, 9.17) is 0 Å². The SMILES string of the molecule is CCCCCCCCCCCCCCCCCC(=O)N[C@H](C(=O)N[C@@H](Cc1ccc(O)cc1)C(=O)N[C@@H](Cc1ccc(O)cc1)P(=O)(O)O)[C@@H](C)CC. The van der Waals surface area contributed by atoms with Crippen LogP contribution in [0, 0.1) is 5.92 Å². The van der Waals surface area contributed by atoms with Gasteiger partial charge in [0.15, 0.2) is 0 Å². The molecule has 0 aliphatic rings. The first-order chi connectivity index (χ1) is 25.3. The van der Waals surface area contributed by atoms with E-state index >= 15 is 0 Å². The molecule has 0 aliphatic heterocycles. The molecule has 2 rings (SSSR count). The van der Waals surface area contributed by atoms with Crippen molar-refractivity contribution in [3.63, 3.8) is 0 Å². The number of phenols is 2. The van der Waals surface area contributed by atoms with Gasteiger partial charge in [0.2, 0.25) is 17.7 Å². The molecule has 298 valence electrons. The van der Waals surface area contributed by atoms with Crippen LogP contribution in [0.15, 0.2) is 48.5 Å². The molecule has 0 radical (unpaired) electrons. The normalized spacial score (nSPS) is 13.8.